The summed E-state index contributed by atoms with van der Waals surface area (Å²) in [5, 5.41) is 22.6. The van der Waals surface area contributed by atoms with Gasteiger partial charge >= 0.3 is 5.97 Å². The van der Waals surface area contributed by atoms with Crippen molar-refractivity contribution in [3.05, 3.63) is 76.2 Å². The van der Waals surface area contributed by atoms with Gasteiger partial charge in [0.25, 0.3) is 0 Å². The zero-order valence-electron chi connectivity index (χ0n) is 19.9. The normalized spacial score (nSPS) is 14.7. The Labute approximate surface area is 207 Å². The molecule has 2 N–H and O–H groups in total. The Hall–Kier alpha value is -3.79. The van der Waals surface area contributed by atoms with Gasteiger partial charge in [0.2, 0.25) is 0 Å². The molecule has 1 aliphatic heterocycles. The summed E-state index contributed by atoms with van der Waals surface area (Å²) in [6.45, 7) is 7.83. The Morgan fingerprint density at radius 2 is 1.97 bits per heavy atom. The maximum Gasteiger partial charge on any atom is 0.306 e. The van der Waals surface area contributed by atoms with E-state index in [4.69, 9.17) is 4.99 Å². The molecule has 0 amide bonds. The molecule has 4 aromatic rings. The number of carboxylic acids is 1. The average Bonchev–Trinajstić information content (AvgIpc) is 3.53. The molecule has 0 radical (unpaired) electrons. The molecular formula is C25H27N7O2S. The van der Waals surface area contributed by atoms with E-state index >= 15 is 0 Å². The lowest BCUT2D eigenvalue weighted by Crippen LogP contribution is -2.11. The van der Waals surface area contributed by atoms with Gasteiger partial charge in [-0.1, -0.05) is 12.1 Å². The summed E-state index contributed by atoms with van der Waals surface area (Å²) >= 11 is 1.66. The number of rotatable bonds is 8. The number of carboxylic acid groups (broad SMARTS) is 1. The lowest BCUT2D eigenvalue weighted by molar-refractivity contribution is -0.137. The van der Waals surface area contributed by atoms with Gasteiger partial charge in [0, 0.05) is 47.2 Å². The minimum atomic E-state index is -0.918. The van der Waals surface area contributed by atoms with Crippen molar-refractivity contribution in [2.45, 2.75) is 46.2 Å². The Balaban J connectivity index is 1.46. The Morgan fingerprint density at radius 1 is 1.17 bits per heavy atom. The molecule has 1 aliphatic rings. The van der Waals surface area contributed by atoms with Crippen LogP contribution in [0.15, 0.2) is 48.0 Å². The van der Waals surface area contributed by atoms with Crippen molar-refractivity contribution in [2.75, 3.05) is 11.9 Å². The monoisotopic (exact) mass is 489 g/mol. The maximum atomic E-state index is 11.7. The van der Waals surface area contributed by atoms with Crippen molar-refractivity contribution in [1.82, 2.24) is 24.3 Å². The van der Waals surface area contributed by atoms with Crippen molar-refractivity contribution in [1.29, 1.82) is 0 Å². The molecule has 0 spiro atoms. The molecule has 3 aromatic heterocycles. The van der Waals surface area contributed by atoms with Crippen LogP contribution < -0.4 is 5.32 Å². The molecule has 1 atom stereocenters. The number of aryl methyl sites for hydroxylation is 3. The van der Waals surface area contributed by atoms with Crippen molar-refractivity contribution in [3.63, 3.8) is 0 Å². The topological polar surface area (TPSA) is 110 Å². The molecule has 180 valence electrons. The predicted molar refractivity (Wildman–Crippen MR) is 136 cm³/mol. The highest BCUT2D eigenvalue weighted by atomic mass is 32.1. The number of fused-ring (bicyclic) bond motifs is 3. The van der Waals surface area contributed by atoms with E-state index < -0.39 is 12.0 Å². The van der Waals surface area contributed by atoms with Gasteiger partial charge in [0.05, 0.1) is 18.5 Å². The number of thiophene rings is 1. The van der Waals surface area contributed by atoms with Crippen LogP contribution in [0.3, 0.4) is 0 Å². The number of anilines is 1. The minimum absolute atomic E-state index is 0.148. The maximum absolute atomic E-state index is 11.7. The van der Waals surface area contributed by atoms with Crippen LogP contribution in [0.25, 0.3) is 5.00 Å². The second-order valence-electron chi connectivity index (χ2n) is 8.65. The molecule has 0 bridgehead atoms. The van der Waals surface area contributed by atoms with E-state index in [2.05, 4.69) is 38.9 Å². The van der Waals surface area contributed by atoms with Gasteiger partial charge in [-0.05, 0) is 44.9 Å². The second kappa shape index (κ2) is 9.46. The van der Waals surface area contributed by atoms with Crippen LogP contribution >= 0.6 is 11.3 Å². The zero-order chi connectivity index (χ0) is 24.5. The number of aromatic nitrogens is 5. The third-order valence-corrected chi connectivity index (χ3v) is 7.44. The molecule has 0 fully saturated rings. The number of nitrogens with one attached hydrogen (secondary N) is 1. The molecule has 0 saturated carbocycles. The third-order valence-electron chi connectivity index (χ3n) is 6.25. The predicted octanol–water partition coefficient (Wildman–Crippen LogP) is 4.32. The number of aliphatic carboxylic acids is 1. The summed E-state index contributed by atoms with van der Waals surface area (Å²) in [4.78, 5) is 21.9. The Kier molecular flexibility index (Phi) is 6.21. The molecule has 1 aromatic carbocycles. The first kappa shape index (κ1) is 23.0. The molecule has 4 heterocycles. The highest BCUT2D eigenvalue weighted by Crippen LogP contribution is 2.39. The van der Waals surface area contributed by atoms with Crippen molar-refractivity contribution in [2.24, 2.45) is 4.99 Å². The molecule has 9 nitrogen and oxygen atoms in total. The third kappa shape index (κ3) is 4.49. The van der Waals surface area contributed by atoms with Gasteiger partial charge in [0.1, 0.15) is 16.9 Å². The van der Waals surface area contributed by atoms with Crippen LogP contribution in [0.4, 0.5) is 5.69 Å². The van der Waals surface area contributed by atoms with E-state index in [1.807, 2.05) is 48.3 Å². The van der Waals surface area contributed by atoms with Crippen LogP contribution in [0.5, 0.6) is 0 Å². The quantitative estimate of drug-likeness (QED) is 0.357. The summed E-state index contributed by atoms with van der Waals surface area (Å²) in [5.41, 5.74) is 4.93. The highest BCUT2D eigenvalue weighted by Gasteiger charge is 2.32. The standard InChI is InChI=1S/C25H27N7O2S/c1-15-16(2)35-25-22(15)23(28-20(13-21(33)34)24-30-29-17(3)32(24)25)18-5-7-19(8-6-18)27-9-4-11-31-12-10-26-14-31/h5-8,10,12,14,20,27H,4,9,11,13H2,1-3H3,(H,33,34)/t20-/m0/s1. The van der Waals surface area contributed by atoms with Gasteiger partial charge in [0.15, 0.2) is 5.82 Å². The number of aliphatic imine (C=N–C) groups is 1. The van der Waals surface area contributed by atoms with E-state index in [-0.39, 0.29) is 6.42 Å². The Morgan fingerprint density at radius 3 is 2.69 bits per heavy atom. The van der Waals surface area contributed by atoms with Gasteiger partial charge < -0.3 is 15.0 Å². The average molecular weight is 490 g/mol. The first-order valence-corrected chi connectivity index (χ1v) is 12.4. The molecule has 0 unspecified atom stereocenters. The fraction of sp³-hybridized carbons (Fsp3) is 0.320. The molecule has 0 saturated heterocycles. The van der Waals surface area contributed by atoms with Crippen molar-refractivity contribution in [3.8, 4) is 5.00 Å². The van der Waals surface area contributed by atoms with Crippen LogP contribution in [0.1, 0.15) is 52.1 Å². The lowest BCUT2D eigenvalue weighted by Gasteiger charge is -2.12. The smallest absolute Gasteiger partial charge is 0.306 e. The Bertz CT molecular complexity index is 1380. The summed E-state index contributed by atoms with van der Waals surface area (Å²) in [6, 6.07) is 7.57. The number of imidazole rings is 1. The van der Waals surface area contributed by atoms with Crippen LogP contribution in [0, 0.1) is 20.8 Å². The number of nitrogens with zero attached hydrogens (tertiary/aromatic N) is 6. The number of benzene rings is 1. The number of carbonyl (C=O) groups is 1. The van der Waals surface area contributed by atoms with E-state index in [9.17, 15) is 9.90 Å². The van der Waals surface area contributed by atoms with Gasteiger partial charge in [-0.2, -0.15) is 0 Å². The molecule has 5 rings (SSSR count). The highest BCUT2D eigenvalue weighted by molar-refractivity contribution is 7.15. The van der Waals surface area contributed by atoms with E-state index in [1.165, 1.54) is 4.88 Å². The fourth-order valence-electron chi connectivity index (χ4n) is 4.35. The van der Waals surface area contributed by atoms with Crippen molar-refractivity contribution >= 4 is 28.7 Å². The van der Waals surface area contributed by atoms with Crippen LogP contribution in [0.2, 0.25) is 0 Å². The summed E-state index contributed by atoms with van der Waals surface area (Å²) in [5.74, 6) is 0.377. The lowest BCUT2D eigenvalue weighted by atomic mass is 9.99. The van der Waals surface area contributed by atoms with Crippen LogP contribution in [-0.2, 0) is 11.3 Å². The van der Waals surface area contributed by atoms with Gasteiger partial charge in [-0.15, -0.1) is 21.5 Å². The molecule has 10 heteroatoms. The minimum Gasteiger partial charge on any atom is -0.481 e. The summed E-state index contributed by atoms with van der Waals surface area (Å²) < 4.78 is 4.04. The number of hydrogen-bond donors (Lipinski definition) is 2. The summed E-state index contributed by atoms with van der Waals surface area (Å²) in [7, 11) is 0. The van der Waals surface area contributed by atoms with Gasteiger partial charge in [-0.3, -0.25) is 14.4 Å². The van der Waals surface area contributed by atoms with Gasteiger partial charge in [-0.25, -0.2) is 4.98 Å². The van der Waals surface area contributed by atoms with Crippen molar-refractivity contribution < 1.29 is 9.90 Å². The molecular weight excluding hydrogens is 462 g/mol. The van der Waals surface area contributed by atoms with E-state index in [1.54, 1.807) is 17.5 Å². The second-order valence-corrected chi connectivity index (χ2v) is 9.86. The van der Waals surface area contributed by atoms with E-state index in [0.29, 0.717) is 5.82 Å². The van der Waals surface area contributed by atoms with E-state index in [0.717, 1.165) is 58.4 Å². The summed E-state index contributed by atoms with van der Waals surface area (Å²) in [6.07, 6.45) is 6.41. The largest absolute Gasteiger partial charge is 0.481 e. The number of hydrogen-bond acceptors (Lipinski definition) is 7. The fourth-order valence-corrected chi connectivity index (χ4v) is 5.56. The SMILES string of the molecule is Cc1sc2c(c1C)C(c1ccc(NCCCn3ccnc3)cc1)=N[C@@H](CC(=O)O)c1nnc(C)n1-2. The molecule has 35 heavy (non-hydrogen) atoms. The van der Waals surface area contributed by atoms with Crippen LogP contribution in [-0.4, -0.2) is 47.6 Å². The zero-order valence-corrected chi connectivity index (χ0v) is 20.7. The molecule has 0 aliphatic carbocycles. The first-order valence-electron chi connectivity index (χ1n) is 11.5. The first-order chi connectivity index (χ1) is 16.9.